The van der Waals surface area contributed by atoms with Crippen molar-refractivity contribution in [3.05, 3.63) is 53.0 Å². The van der Waals surface area contributed by atoms with E-state index in [0.717, 1.165) is 11.1 Å². The fraction of sp³-hybridized carbons (Fsp3) is 0.188. The molecule has 20 heavy (non-hydrogen) atoms. The number of furan rings is 1. The first kappa shape index (κ1) is 13.9. The summed E-state index contributed by atoms with van der Waals surface area (Å²) in [6, 6.07) is 7.14. The smallest absolute Gasteiger partial charge is 0.259 e. The number of hydrogen-bond donors (Lipinski definition) is 2. The number of aliphatic hydroxyl groups excluding tert-OH is 1. The van der Waals surface area contributed by atoms with Crippen LogP contribution in [0.1, 0.15) is 27.2 Å². The number of carbonyl (C=O) groups excluding carboxylic acids is 1. The first-order valence-electron chi connectivity index (χ1n) is 6.17. The summed E-state index contributed by atoms with van der Waals surface area (Å²) in [5.74, 6) is 5.75. The Morgan fingerprint density at radius 1 is 1.35 bits per heavy atom. The van der Waals surface area contributed by atoms with Gasteiger partial charge in [-0.25, -0.2) is 0 Å². The standard InChI is InChI=1S/C16H15NO3/c1-11-5-6-13(4-3-8-18)10-15(11)17-16(19)14-7-9-20-12(14)2/h5-7,9-10,18H,8H2,1-2H3,(H,17,19). The zero-order chi connectivity index (χ0) is 14.5. The van der Waals surface area contributed by atoms with E-state index in [4.69, 9.17) is 9.52 Å². The minimum atomic E-state index is -0.216. The van der Waals surface area contributed by atoms with E-state index in [9.17, 15) is 4.79 Å². The maximum absolute atomic E-state index is 12.1. The van der Waals surface area contributed by atoms with Crippen LogP contribution in [-0.2, 0) is 0 Å². The lowest BCUT2D eigenvalue weighted by molar-refractivity contribution is 0.102. The van der Waals surface area contributed by atoms with E-state index in [1.807, 2.05) is 19.1 Å². The van der Waals surface area contributed by atoms with E-state index in [0.29, 0.717) is 17.0 Å². The van der Waals surface area contributed by atoms with Gasteiger partial charge >= 0.3 is 0 Å². The molecule has 2 rings (SSSR count). The second-order valence-electron chi connectivity index (χ2n) is 4.33. The fourth-order valence-corrected chi connectivity index (χ4v) is 1.79. The van der Waals surface area contributed by atoms with Gasteiger partial charge in [-0.1, -0.05) is 17.9 Å². The molecule has 0 saturated carbocycles. The molecule has 1 aromatic heterocycles. The number of amides is 1. The van der Waals surface area contributed by atoms with Gasteiger partial charge in [0.15, 0.2) is 0 Å². The van der Waals surface area contributed by atoms with E-state index in [1.165, 1.54) is 6.26 Å². The van der Waals surface area contributed by atoms with Crippen LogP contribution in [0.3, 0.4) is 0 Å². The molecule has 0 aliphatic carbocycles. The van der Waals surface area contributed by atoms with Crippen molar-refractivity contribution in [1.82, 2.24) is 0 Å². The summed E-state index contributed by atoms with van der Waals surface area (Å²) in [7, 11) is 0. The molecule has 102 valence electrons. The molecule has 1 heterocycles. The van der Waals surface area contributed by atoms with Crippen LogP contribution in [0.5, 0.6) is 0 Å². The number of aryl methyl sites for hydroxylation is 2. The van der Waals surface area contributed by atoms with Gasteiger partial charge in [0.05, 0.1) is 11.8 Å². The van der Waals surface area contributed by atoms with Crippen molar-refractivity contribution in [3.8, 4) is 11.8 Å². The number of aliphatic hydroxyl groups is 1. The van der Waals surface area contributed by atoms with Crippen LogP contribution in [0, 0.1) is 25.7 Å². The van der Waals surface area contributed by atoms with Crippen molar-refractivity contribution in [2.75, 3.05) is 11.9 Å². The Hall–Kier alpha value is -2.51. The van der Waals surface area contributed by atoms with Crippen molar-refractivity contribution in [2.24, 2.45) is 0 Å². The number of hydrogen-bond acceptors (Lipinski definition) is 3. The van der Waals surface area contributed by atoms with Gasteiger partial charge in [0.2, 0.25) is 0 Å². The monoisotopic (exact) mass is 269 g/mol. The molecule has 2 aromatic rings. The van der Waals surface area contributed by atoms with Crippen LogP contribution >= 0.6 is 0 Å². The summed E-state index contributed by atoms with van der Waals surface area (Å²) in [5, 5.41) is 11.5. The number of anilines is 1. The Labute approximate surface area is 117 Å². The quantitative estimate of drug-likeness (QED) is 0.823. The largest absolute Gasteiger partial charge is 0.469 e. The molecule has 0 saturated heterocycles. The molecule has 1 amide bonds. The predicted octanol–water partition coefficient (Wildman–Crippen LogP) is 2.49. The van der Waals surface area contributed by atoms with Crippen molar-refractivity contribution in [1.29, 1.82) is 0 Å². The Bertz CT molecular complexity index is 689. The average Bonchev–Trinajstić information content (AvgIpc) is 2.86. The predicted molar refractivity (Wildman–Crippen MR) is 76.5 cm³/mol. The van der Waals surface area contributed by atoms with Crippen molar-refractivity contribution >= 4 is 11.6 Å². The number of benzene rings is 1. The third-order valence-electron chi connectivity index (χ3n) is 2.90. The lowest BCUT2D eigenvalue weighted by atomic mass is 10.1. The lowest BCUT2D eigenvalue weighted by Gasteiger charge is -2.08. The minimum Gasteiger partial charge on any atom is -0.469 e. The molecule has 1 aromatic carbocycles. The van der Waals surface area contributed by atoms with Gasteiger partial charge in [0.1, 0.15) is 12.4 Å². The topological polar surface area (TPSA) is 62.5 Å². The molecule has 0 fully saturated rings. The SMILES string of the molecule is Cc1ccc(C#CCO)cc1NC(=O)c1ccoc1C. The van der Waals surface area contributed by atoms with Gasteiger partial charge in [0.25, 0.3) is 5.91 Å². The molecular formula is C16H15NO3. The minimum absolute atomic E-state index is 0.191. The summed E-state index contributed by atoms with van der Waals surface area (Å²) < 4.78 is 5.12. The Morgan fingerprint density at radius 3 is 2.80 bits per heavy atom. The molecule has 0 spiro atoms. The van der Waals surface area contributed by atoms with Gasteiger partial charge < -0.3 is 14.8 Å². The van der Waals surface area contributed by atoms with Gasteiger partial charge in [-0.2, -0.15) is 0 Å². The maximum atomic E-state index is 12.1. The molecule has 0 atom stereocenters. The molecule has 4 heteroatoms. The highest BCUT2D eigenvalue weighted by molar-refractivity contribution is 6.05. The summed E-state index contributed by atoms with van der Waals surface area (Å²) in [6.45, 7) is 3.45. The van der Waals surface area contributed by atoms with Gasteiger partial charge in [-0.3, -0.25) is 4.79 Å². The Kier molecular flexibility index (Phi) is 4.24. The fourth-order valence-electron chi connectivity index (χ4n) is 1.79. The first-order chi connectivity index (χ1) is 9.61. The van der Waals surface area contributed by atoms with Crippen molar-refractivity contribution in [2.45, 2.75) is 13.8 Å². The molecule has 0 aliphatic heterocycles. The van der Waals surface area contributed by atoms with Gasteiger partial charge in [-0.15, -0.1) is 0 Å². The molecule has 4 nitrogen and oxygen atoms in total. The maximum Gasteiger partial charge on any atom is 0.259 e. The number of nitrogens with one attached hydrogen (secondary N) is 1. The average molecular weight is 269 g/mol. The zero-order valence-corrected chi connectivity index (χ0v) is 11.4. The molecule has 0 bridgehead atoms. The Morgan fingerprint density at radius 2 is 2.15 bits per heavy atom. The van der Waals surface area contributed by atoms with Crippen molar-refractivity contribution in [3.63, 3.8) is 0 Å². The van der Waals surface area contributed by atoms with Crippen LogP contribution in [0.2, 0.25) is 0 Å². The third-order valence-corrected chi connectivity index (χ3v) is 2.90. The second kappa shape index (κ2) is 6.09. The molecular weight excluding hydrogens is 254 g/mol. The third kappa shape index (κ3) is 3.08. The summed E-state index contributed by atoms with van der Waals surface area (Å²) in [6.07, 6.45) is 1.49. The van der Waals surface area contributed by atoms with E-state index in [1.54, 1.807) is 19.1 Å². The van der Waals surface area contributed by atoms with Crippen LogP contribution in [-0.4, -0.2) is 17.6 Å². The molecule has 0 unspecified atom stereocenters. The van der Waals surface area contributed by atoms with Crippen LogP contribution in [0.25, 0.3) is 0 Å². The lowest BCUT2D eigenvalue weighted by Crippen LogP contribution is -2.13. The van der Waals surface area contributed by atoms with Crippen molar-refractivity contribution < 1.29 is 14.3 Å². The number of rotatable bonds is 2. The van der Waals surface area contributed by atoms with E-state index in [2.05, 4.69) is 17.2 Å². The molecule has 2 N–H and O–H groups in total. The van der Waals surface area contributed by atoms with E-state index >= 15 is 0 Å². The first-order valence-corrected chi connectivity index (χ1v) is 6.17. The highest BCUT2D eigenvalue weighted by atomic mass is 16.3. The molecule has 0 aliphatic rings. The van der Waals surface area contributed by atoms with Gasteiger partial charge in [-0.05, 0) is 37.6 Å². The molecule has 0 radical (unpaired) electrons. The number of carbonyl (C=O) groups is 1. The summed E-state index contributed by atoms with van der Waals surface area (Å²) in [5.41, 5.74) is 2.88. The van der Waals surface area contributed by atoms with Crippen LogP contribution in [0.15, 0.2) is 34.9 Å². The summed E-state index contributed by atoms with van der Waals surface area (Å²) in [4.78, 5) is 12.1. The highest BCUT2D eigenvalue weighted by Gasteiger charge is 2.12. The second-order valence-corrected chi connectivity index (χ2v) is 4.33. The van der Waals surface area contributed by atoms with Crippen LogP contribution in [0.4, 0.5) is 5.69 Å². The van der Waals surface area contributed by atoms with Gasteiger partial charge in [0, 0.05) is 11.3 Å². The normalized spacial score (nSPS) is 9.75. The van der Waals surface area contributed by atoms with E-state index in [-0.39, 0.29) is 12.5 Å². The summed E-state index contributed by atoms with van der Waals surface area (Å²) >= 11 is 0. The highest BCUT2D eigenvalue weighted by Crippen LogP contribution is 2.18. The zero-order valence-electron chi connectivity index (χ0n) is 11.4. The van der Waals surface area contributed by atoms with E-state index < -0.39 is 0 Å². The van der Waals surface area contributed by atoms with Crippen LogP contribution < -0.4 is 5.32 Å². The Balaban J connectivity index is 2.25.